The van der Waals surface area contributed by atoms with Crippen LogP contribution in [0, 0.1) is 17.1 Å². The third-order valence-electron chi connectivity index (χ3n) is 6.15. The van der Waals surface area contributed by atoms with Gasteiger partial charge in [-0.25, -0.2) is 9.37 Å². The van der Waals surface area contributed by atoms with Crippen LogP contribution < -0.4 is 15.1 Å². The van der Waals surface area contributed by atoms with E-state index in [1.807, 2.05) is 11.9 Å². The zero-order valence-electron chi connectivity index (χ0n) is 19.2. The predicted octanol–water partition coefficient (Wildman–Crippen LogP) is 5.11. The van der Waals surface area contributed by atoms with Crippen molar-refractivity contribution in [2.24, 2.45) is 0 Å². The maximum atomic E-state index is 13.4. The van der Waals surface area contributed by atoms with Gasteiger partial charge in [0, 0.05) is 55.6 Å². The highest BCUT2D eigenvalue weighted by Gasteiger charge is 2.20. The minimum Gasteiger partial charge on any atom is -0.369 e. The van der Waals surface area contributed by atoms with Crippen molar-refractivity contribution in [1.29, 1.82) is 5.26 Å². The summed E-state index contributed by atoms with van der Waals surface area (Å²) in [6.45, 7) is 5.98. The summed E-state index contributed by atoms with van der Waals surface area (Å²) < 4.78 is 13.4. The Morgan fingerprint density at radius 3 is 2.59 bits per heavy atom. The number of aromatic nitrogens is 2. The van der Waals surface area contributed by atoms with E-state index in [9.17, 15) is 9.65 Å². The maximum Gasteiger partial charge on any atom is 0.191 e. The standard InChI is InChI=1S/C26H25FN6S/c1-3-19-14-23(21-15-20(8-9-22(21)30-19)33-12-10-29-11-13-33)32(2)26-31-25(24(16-28)34-26)17-4-6-18(27)7-5-17/h4-9,14-15,29H,3,10-13H2,1-2H3. The first-order valence-corrected chi connectivity index (χ1v) is 12.2. The number of fused-ring (bicyclic) bond motifs is 1. The third kappa shape index (κ3) is 4.20. The number of rotatable bonds is 5. The summed E-state index contributed by atoms with van der Waals surface area (Å²) >= 11 is 1.34. The number of benzene rings is 2. The van der Waals surface area contributed by atoms with Crippen molar-refractivity contribution in [3.8, 4) is 17.3 Å². The van der Waals surface area contributed by atoms with Gasteiger partial charge in [-0.15, -0.1) is 0 Å². The summed E-state index contributed by atoms with van der Waals surface area (Å²) in [5.41, 5.74) is 5.42. The summed E-state index contributed by atoms with van der Waals surface area (Å²) in [5, 5.41) is 14.9. The number of halogens is 1. The summed E-state index contributed by atoms with van der Waals surface area (Å²) in [6, 6.07) is 16.9. The Hall–Kier alpha value is -3.54. The normalized spacial score (nSPS) is 13.8. The van der Waals surface area contributed by atoms with E-state index < -0.39 is 0 Å². The van der Waals surface area contributed by atoms with Gasteiger partial charge in [-0.05, 0) is 55.0 Å². The summed E-state index contributed by atoms with van der Waals surface area (Å²) in [6.07, 6.45) is 0.818. The molecule has 0 amide bonds. The molecule has 1 saturated heterocycles. The average molecular weight is 473 g/mol. The van der Waals surface area contributed by atoms with Crippen LogP contribution in [0.25, 0.3) is 22.2 Å². The van der Waals surface area contributed by atoms with Gasteiger partial charge in [0.1, 0.15) is 22.5 Å². The van der Waals surface area contributed by atoms with Crippen LogP contribution in [0.1, 0.15) is 17.5 Å². The number of nitrogens with one attached hydrogen (secondary N) is 1. The lowest BCUT2D eigenvalue weighted by atomic mass is 10.1. The molecule has 1 aliphatic heterocycles. The van der Waals surface area contributed by atoms with Gasteiger partial charge >= 0.3 is 0 Å². The molecule has 0 aliphatic carbocycles. The molecule has 0 unspecified atom stereocenters. The van der Waals surface area contributed by atoms with Gasteiger partial charge in [-0.3, -0.25) is 4.98 Å². The second kappa shape index (κ2) is 9.37. The summed E-state index contributed by atoms with van der Waals surface area (Å²) in [5.74, 6) is -0.314. The molecule has 4 aromatic rings. The zero-order chi connectivity index (χ0) is 23.7. The molecule has 0 bridgehead atoms. The molecule has 6 nitrogen and oxygen atoms in total. The van der Waals surface area contributed by atoms with Gasteiger partial charge in [-0.1, -0.05) is 18.3 Å². The number of pyridine rings is 1. The van der Waals surface area contributed by atoms with Crippen LogP contribution in [0.4, 0.5) is 20.9 Å². The molecule has 1 N–H and O–H groups in total. The van der Waals surface area contributed by atoms with Crippen LogP contribution >= 0.6 is 11.3 Å². The fraction of sp³-hybridized carbons (Fsp3) is 0.269. The summed E-state index contributed by atoms with van der Waals surface area (Å²) in [4.78, 5) is 14.6. The SMILES string of the molecule is CCc1cc(N(C)c2nc(-c3ccc(F)cc3)c(C#N)s2)c2cc(N3CCNCC3)ccc2n1. The van der Waals surface area contributed by atoms with E-state index in [2.05, 4.69) is 47.5 Å². The van der Waals surface area contributed by atoms with E-state index in [1.54, 1.807) is 12.1 Å². The topological polar surface area (TPSA) is 68.1 Å². The van der Waals surface area contributed by atoms with Crippen LogP contribution in [0.15, 0.2) is 48.5 Å². The number of hydrogen-bond donors (Lipinski definition) is 1. The second-order valence-corrected chi connectivity index (χ2v) is 9.25. The van der Waals surface area contributed by atoms with E-state index in [0.29, 0.717) is 15.7 Å². The molecular weight excluding hydrogens is 447 g/mol. The number of thiazole rings is 1. The largest absolute Gasteiger partial charge is 0.369 e. The number of anilines is 3. The van der Waals surface area contributed by atoms with E-state index in [-0.39, 0.29) is 5.82 Å². The lowest BCUT2D eigenvalue weighted by Crippen LogP contribution is -2.43. The Morgan fingerprint density at radius 2 is 1.88 bits per heavy atom. The minimum absolute atomic E-state index is 0.314. The minimum atomic E-state index is -0.314. The lowest BCUT2D eigenvalue weighted by Gasteiger charge is -2.30. The summed E-state index contributed by atoms with van der Waals surface area (Å²) in [7, 11) is 1.97. The number of hydrogen-bond acceptors (Lipinski definition) is 7. The Bertz CT molecular complexity index is 1370. The fourth-order valence-electron chi connectivity index (χ4n) is 4.26. The van der Waals surface area contributed by atoms with Crippen LogP contribution in [0.3, 0.4) is 0 Å². The maximum absolute atomic E-state index is 13.4. The highest BCUT2D eigenvalue weighted by Crippen LogP contribution is 2.38. The van der Waals surface area contributed by atoms with Crippen LogP contribution in [-0.2, 0) is 6.42 Å². The quantitative estimate of drug-likeness (QED) is 0.435. The van der Waals surface area contributed by atoms with E-state index >= 15 is 0 Å². The van der Waals surface area contributed by atoms with Crippen molar-refractivity contribution >= 4 is 38.7 Å². The highest BCUT2D eigenvalue weighted by molar-refractivity contribution is 7.16. The van der Waals surface area contributed by atoms with Gasteiger partial charge < -0.3 is 15.1 Å². The number of piperazine rings is 1. The molecular formula is C26H25FN6S. The first-order chi connectivity index (χ1) is 16.6. The molecule has 1 aliphatic rings. The van der Waals surface area contributed by atoms with Crippen molar-refractivity contribution < 1.29 is 4.39 Å². The van der Waals surface area contributed by atoms with Gasteiger partial charge in [0.05, 0.1) is 11.2 Å². The van der Waals surface area contributed by atoms with Crippen molar-refractivity contribution in [3.05, 3.63) is 64.9 Å². The number of aryl methyl sites for hydroxylation is 1. The predicted molar refractivity (Wildman–Crippen MR) is 136 cm³/mol. The van der Waals surface area contributed by atoms with Crippen molar-refractivity contribution in [2.45, 2.75) is 13.3 Å². The first-order valence-electron chi connectivity index (χ1n) is 11.4. The van der Waals surface area contributed by atoms with Gasteiger partial charge in [-0.2, -0.15) is 5.26 Å². The molecule has 172 valence electrons. The van der Waals surface area contributed by atoms with Crippen LogP contribution in [-0.4, -0.2) is 43.2 Å². The molecule has 2 aromatic carbocycles. The Balaban J connectivity index is 1.60. The molecule has 0 spiro atoms. The highest BCUT2D eigenvalue weighted by atomic mass is 32.1. The molecule has 2 aromatic heterocycles. The Labute approximate surface area is 202 Å². The van der Waals surface area contributed by atoms with Crippen LogP contribution in [0.5, 0.6) is 0 Å². The third-order valence-corrected chi connectivity index (χ3v) is 7.19. The van der Waals surface area contributed by atoms with Gasteiger partial charge in [0.25, 0.3) is 0 Å². The zero-order valence-corrected chi connectivity index (χ0v) is 20.0. The molecule has 5 rings (SSSR count). The Kier molecular flexibility index (Phi) is 6.14. The molecule has 0 radical (unpaired) electrons. The van der Waals surface area contributed by atoms with Crippen molar-refractivity contribution in [3.63, 3.8) is 0 Å². The molecule has 1 fully saturated rings. The molecule has 8 heteroatoms. The number of nitriles is 1. The van der Waals surface area contributed by atoms with Gasteiger partial charge in [0.15, 0.2) is 5.13 Å². The van der Waals surface area contributed by atoms with Crippen LogP contribution in [0.2, 0.25) is 0 Å². The fourth-order valence-corrected chi connectivity index (χ4v) is 5.12. The molecule has 0 atom stereocenters. The Morgan fingerprint density at radius 1 is 1.12 bits per heavy atom. The van der Waals surface area contributed by atoms with E-state index in [4.69, 9.17) is 9.97 Å². The van der Waals surface area contributed by atoms with Gasteiger partial charge in [0.2, 0.25) is 0 Å². The molecule has 34 heavy (non-hydrogen) atoms. The monoisotopic (exact) mass is 472 g/mol. The number of nitrogens with zero attached hydrogens (tertiary/aromatic N) is 5. The van der Waals surface area contributed by atoms with Crippen molar-refractivity contribution in [1.82, 2.24) is 15.3 Å². The lowest BCUT2D eigenvalue weighted by molar-refractivity contribution is 0.589. The molecule has 0 saturated carbocycles. The van der Waals surface area contributed by atoms with Crippen molar-refractivity contribution in [2.75, 3.05) is 43.0 Å². The van der Waals surface area contributed by atoms with E-state index in [0.717, 1.165) is 60.4 Å². The second-order valence-electron chi connectivity index (χ2n) is 8.28. The van der Waals surface area contributed by atoms with E-state index in [1.165, 1.54) is 29.2 Å². The first kappa shape index (κ1) is 22.3. The smallest absolute Gasteiger partial charge is 0.191 e. The average Bonchev–Trinajstić information content (AvgIpc) is 3.32. The molecule has 3 heterocycles.